The van der Waals surface area contributed by atoms with E-state index in [1.165, 1.54) is 24.1 Å². The van der Waals surface area contributed by atoms with Crippen LogP contribution >= 0.6 is 0 Å². The summed E-state index contributed by atoms with van der Waals surface area (Å²) in [6, 6.07) is 9.57. The van der Waals surface area contributed by atoms with Crippen LogP contribution in [-0.2, 0) is 9.53 Å². The fraction of sp³-hybridized carbons (Fsp3) is 0.333. The number of ether oxygens (including phenoxy) is 1. The van der Waals surface area contributed by atoms with Gasteiger partial charge in [-0.3, -0.25) is 9.69 Å². The van der Waals surface area contributed by atoms with Crippen molar-refractivity contribution in [1.29, 1.82) is 0 Å². The number of rotatable bonds is 5. The molecule has 0 saturated carbocycles. The van der Waals surface area contributed by atoms with Crippen molar-refractivity contribution in [3.05, 3.63) is 54.8 Å². The van der Waals surface area contributed by atoms with Gasteiger partial charge in [-0.25, -0.2) is 4.79 Å². The summed E-state index contributed by atoms with van der Waals surface area (Å²) in [5.41, 5.74) is 1.10. The zero-order valence-corrected chi connectivity index (χ0v) is 13.6. The summed E-state index contributed by atoms with van der Waals surface area (Å²) < 4.78 is 5.35. The SMILES string of the molecule is C=C(CN(/C=C/C(C)=O)C(=O)OC(C)(C)C)c1ccccc1. The molecule has 0 atom stereocenters. The van der Waals surface area contributed by atoms with Gasteiger partial charge in [0, 0.05) is 6.20 Å². The minimum absolute atomic E-state index is 0.140. The Labute approximate surface area is 132 Å². The third kappa shape index (κ3) is 6.39. The first kappa shape index (κ1) is 17.7. The van der Waals surface area contributed by atoms with Crippen molar-refractivity contribution >= 4 is 17.4 Å². The standard InChI is InChI=1S/C18H23NO3/c1-14(16-9-7-6-8-10-16)13-19(12-11-15(2)20)17(21)22-18(3,4)5/h6-12H,1,13H2,2-5H3/b12-11+. The van der Waals surface area contributed by atoms with Crippen molar-refractivity contribution in [2.75, 3.05) is 6.54 Å². The zero-order chi connectivity index (χ0) is 16.8. The van der Waals surface area contributed by atoms with Gasteiger partial charge in [0.05, 0.1) is 6.54 Å². The lowest BCUT2D eigenvalue weighted by atomic mass is 10.1. The van der Waals surface area contributed by atoms with Crippen LogP contribution in [0.5, 0.6) is 0 Å². The second kappa shape index (κ2) is 7.59. The third-order valence-corrected chi connectivity index (χ3v) is 2.66. The van der Waals surface area contributed by atoms with Crippen molar-refractivity contribution in [3.63, 3.8) is 0 Å². The van der Waals surface area contributed by atoms with Gasteiger partial charge in [0.15, 0.2) is 5.78 Å². The second-order valence-corrected chi connectivity index (χ2v) is 6.00. The molecule has 0 N–H and O–H groups in total. The predicted octanol–water partition coefficient (Wildman–Crippen LogP) is 4.04. The van der Waals surface area contributed by atoms with Crippen LogP contribution in [0.2, 0.25) is 0 Å². The van der Waals surface area contributed by atoms with Crippen LogP contribution in [0.4, 0.5) is 4.79 Å². The smallest absolute Gasteiger partial charge is 0.414 e. The highest BCUT2D eigenvalue weighted by molar-refractivity contribution is 5.87. The molecule has 0 radical (unpaired) electrons. The van der Waals surface area contributed by atoms with Gasteiger partial charge in [-0.05, 0) is 44.9 Å². The molecule has 0 fully saturated rings. The number of nitrogens with zero attached hydrogens (tertiary/aromatic N) is 1. The molecule has 0 heterocycles. The molecule has 4 nitrogen and oxygen atoms in total. The molecule has 0 spiro atoms. The van der Waals surface area contributed by atoms with Crippen molar-refractivity contribution in [1.82, 2.24) is 4.90 Å². The third-order valence-electron chi connectivity index (χ3n) is 2.66. The monoisotopic (exact) mass is 301 g/mol. The Balaban J connectivity index is 2.89. The molecule has 0 bridgehead atoms. The number of ketones is 1. The topological polar surface area (TPSA) is 46.6 Å². The van der Waals surface area contributed by atoms with Crippen LogP contribution in [0.1, 0.15) is 33.3 Å². The molecule has 118 valence electrons. The molecule has 0 aliphatic heterocycles. The van der Waals surface area contributed by atoms with Crippen LogP contribution in [0.25, 0.3) is 5.57 Å². The molecular formula is C18H23NO3. The molecule has 1 aromatic rings. The van der Waals surface area contributed by atoms with Crippen molar-refractivity contribution in [3.8, 4) is 0 Å². The molecule has 1 amide bonds. The minimum atomic E-state index is -0.604. The van der Waals surface area contributed by atoms with Crippen molar-refractivity contribution < 1.29 is 14.3 Å². The van der Waals surface area contributed by atoms with Gasteiger partial charge in [-0.15, -0.1) is 0 Å². The Kier molecular flexibility index (Phi) is 6.11. The van der Waals surface area contributed by atoms with E-state index < -0.39 is 11.7 Å². The Morgan fingerprint density at radius 1 is 1.23 bits per heavy atom. The summed E-state index contributed by atoms with van der Waals surface area (Å²) in [7, 11) is 0. The lowest BCUT2D eigenvalue weighted by molar-refractivity contribution is -0.112. The number of carbonyl (C=O) groups excluding carboxylic acids is 2. The van der Waals surface area contributed by atoms with E-state index in [4.69, 9.17) is 4.74 Å². The molecule has 1 rings (SSSR count). The van der Waals surface area contributed by atoms with Crippen molar-refractivity contribution in [2.45, 2.75) is 33.3 Å². The van der Waals surface area contributed by atoms with Crippen LogP contribution < -0.4 is 0 Å². The summed E-state index contributed by atoms with van der Waals surface area (Å²) in [5, 5.41) is 0. The van der Waals surface area contributed by atoms with Crippen LogP contribution in [0.3, 0.4) is 0 Å². The van der Waals surface area contributed by atoms with E-state index in [1.54, 1.807) is 20.8 Å². The first-order valence-electron chi connectivity index (χ1n) is 7.10. The number of amides is 1. The largest absolute Gasteiger partial charge is 0.443 e. The number of hydrogen-bond acceptors (Lipinski definition) is 3. The molecular weight excluding hydrogens is 278 g/mol. The Morgan fingerprint density at radius 3 is 2.32 bits per heavy atom. The first-order valence-corrected chi connectivity index (χ1v) is 7.10. The van der Waals surface area contributed by atoms with E-state index in [0.29, 0.717) is 0 Å². The van der Waals surface area contributed by atoms with Gasteiger partial charge >= 0.3 is 6.09 Å². The highest BCUT2D eigenvalue weighted by Crippen LogP contribution is 2.16. The quantitative estimate of drug-likeness (QED) is 0.771. The summed E-state index contributed by atoms with van der Waals surface area (Å²) >= 11 is 0. The Morgan fingerprint density at radius 2 is 1.82 bits per heavy atom. The molecule has 0 aliphatic rings. The summed E-state index contributed by atoms with van der Waals surface area (Å²) in [6.45, 7) is 11.1. The van der Waals surface area contributed by atoms with Crippen molar-refractivity contribution in [2.24, 2.45) is 0 Å². The Hall–Kier alpha value is -2.36. The van der Waals surface area contributed by atoms with Crippen LogP contribution in [0.15, 0.2) is 49.2 Å². The summed E-state index contributed by atoms with van der Waals surface area (Å²) in [6.07, 6.45) is 2.26. The van der Waals surface area contributed by atoms with Crippen LogP contribution in [0, 0.1) is 0 Å². The maximum atomic E-state index is 12.2. The molecule has 0 aliphatic carbocycles. The van der Waals surface area contributed by atoms with Gasteiger partial charge in [0.2, 0.25) is 0 Å². The Bertz CT molecular complexity index is 568. The molecule has 1 aromatic carbocycles. The molecule has 0 unspecified atom stereocenters. The average molecular weight is 301 g/mol. The second-order valence-electron chi connectivity index (χ2n) is 6.00. The first-order chi connectivity index (χ1) is 10.2. The maximum Gasteiger partial charge on any atom is 0.414 e. The van der Waals surface area contributed by atoms with E-state index >= 15 is 0 Å². The fourth-order valence-electron chi connectivity index (χ4n) is 1.66. The number of allylic oxidation sites excluding steroid dienone is 1. The highest BCUT2D eigenvalue weighted by atomic mass is 16.6. The molecule has 0 saturated heterocycles. The molecule has 0 aromatic heterocycles. The highest BCUT2D eigenvalue weighted by Gasteiger charge is 2.21. The number of hydrogen-bond donors (Lipinski definition) is 0. The maximum absolute atomic E-state index is 12.2. The summed E-state index contributed by atoms with van der Waals surface area (Å²) in [5.74, 6) is -0.140. The lowest BCUT2D eigenvalue weighted by Gasteiger charge is -2.25. The predicted molar refractivity (Wildman–Crippen MR) is 88.2 cm³/mol. The number of benzene rings is 1. The molecule has 22 heavy (non-hydrogen) atoms. The lowest BCUT2D eigenvalue weighted by Crippen LogP contribution is -2.34. The van der Waals surface area contributed by atoms with E-state index in [2.05, 4.69) is 6.58 Å². The number of carbonyl (C=O) groups is 2. The van der Waals surface area contributed by atoms with E-state index in [9.17, 15) is 9.59 Å². The van der Waals surface area contributed by atoms with Gasteiger partial charge in [-0.2, -0.15) is 0 Å². The van der Waals surface area contributed by atoms with Gasteiger partial charge in [0.25, 0.3) is 0 Å². The van der Waals surface area contributed by atoms with Gasteiger partial charge < -0.3 is 4.74 Å². The normalized spacial score (nSPS) is 11.3. The van der Waals surface area contributed by atoms with Gasteiger partial charge in [-0.1, -0.05) is 36.9 Å². The van der Waals surface area contributed by atoms with Gasteiger partial charge in [0.1, 0.15) is 5.60 Å². The zero-order valence-electron chi connectivity index (χ0n) is 13.6. The molecule has 4 heteroatoms. The van der Waals surface area contributed by atoms with E-state index in [-0.39, 0.29) is 12.3 Å². The van der Waals surface area contributed by atoms with Crippen LogP contribution in [-0.4, -0.2) is 28.9 Å². The fourth-order valence-corrected chi connectivity index (χ4v) is 1.66. The van der Waals surface area contributed by atoms with E-state index in [0.717, 1.165) is 11.1 Å². The summed E-state index contributed by atoms with van der Waals surface area (Å²) in [4.78, 5) is 24.7. The van der Waals surface area contributed by atoms with E-state index in [1.807, 2.05) is 30.3 Å². The minimum Gasteiger partial charge on any atom is -0.443 e. The average Bonchev–Trinajstić information content (AvgIpc) is 2.42.